The number of morpholine rings is 1. The summed E-state index contributed by atoms with van der Waals surface area (Å²) >= 11 is 5.88. The molecule has 0 bridgehead atoms. The molecule has 1 unspecified atom stereocenters. The van der Waals surface area contributed by atoms with Crippen molar-refractivity contribution in [2.24, 2.45) is 0 Å². The van der Waals surface area contributed by atoms with Crippen LogP contribution in [0.1, 0.15) is 25.5 Å². The van der Waals surface area contributed by atoms with E-state index in [4.69, 9.17) is 21.1 Å². The van der Waals surface area contributed by atoms with Crippen LogP contribution in [0, 0.1) is 0 Å². The molecule has 1 heterocycles. The molecule has 1 aliphatic rings. The zero-order valence-electron chi connectivity index (χ0n) is 11.8. The first-order valence-electron chi connectivity index (χ1n) is 6.82. The van der Waals surface area contributed by atoms with Gasteiger partial charge in [-0.05, 0) is 31.5 Å². The van der Waals surface area contributed by atoms with Crippen molar-refractivity contribution < 1.29 is 14.3 Å². The van der Waals surface area contributed by atoms with Crippen molar-refractivity contribution in [1.29, 1.82) is 0 Å². The van der Waals surface area contributed by atoms with Crippen molar-refractivity contribution in [3.63, 3.8) is 0 Å². The Kier molecular flexibility index (Phi) is 5.40. The van der Waals surface area contributed by atoms with E-state index < -0.39 is 0 Å². The second-order valence-electron chi connectivity index (χ2n) is 5.11. The Bertz CT molecular complexity index is 447. The number of carbonyl (C=O) groups excluding carboxylic acids is 1. The fourth-order valence-corrected chi connectivity index (χ4v) is 2.21. The minimum absolute atomic E-state index is 0.0148. The summed E-state index contributed by atoms with van der Waals surface area (Å²) in [6, 6.07) is 7.54. The van der Waals surface area contributed by atoms with Crippen LogP contribution in [-0.4, -0.2) is 43.2 Å². The SMILES string of the molecule is CC(C)OCC(=O)N1CCOC(c2ccc(Cl)cc2)C1. The number of rotatable bonds is 4. The number of carbonyl (C=O) groups is 1. The summed E-state index contributed by atoms with van der Waals surface area (Å²) in [4.78, 5) is 13.9. The Morgan fingerprint density at radius 2 is 2.15 bits per heavy atom. The summed E-state index contributed by atoms with van der Waals surface area (Å²) < 4.78 is 11.1. The van der Waals surface area contributed by atoms with Crippen LogP contribution in [-0.2, 0) is 14.3 Å². The summed E-state index contributed by atoms with van der Waals surface area (Å²) in [6.45, 7) is 5.68. The molecule has 1 aliphatic heterocycles. The van der Waals surface area contributed by atoms with Crippen LogP contribution in [0.4, 0.5) is 0 Å². The molecule has 2 rings (SSSR count). The minimum Gasteiger partial charge on any atom is -0.370 e. The van der Waals surface area contributed by atoms with Crippen LogP contribution < -0.4 is 0 Å². The molecule has 1 aromatic carbocycles. The van der Waals surface area contributed by atoms with Gasteiger partial charge in [-0.2, -0.15) is 0 Å². The summed E-state index contributed by atoms with van der Waals surface area (Å²) in [5, 5.41) is 0.697. The van der Waals surface area contributed by atoms with Crippen molar-refractivity contribution in [3.8, 4) is 0 Å². The molecule has 1 aromatic rings. The van der Waals surface area contributed by atoms with Gasteiger partial charge in [-0.15, -0.1) is 0 Å². The van der Waals surface area contributed by atoms with Crippen molar-refractivity contribution in [1.82, 2.24) is 4.90 Å². The molecule has 0 aliphatic carbocycles. The molecule has 0 N–H and O–H groups in total. The van der Waals surface area contributed by atoms with Gasteiger partial charge in [0.25, 0.3) is 0 Å². The highest BCUT2D eigenvalue weighted by Gasteiger charge is 2.25. The second kappa shape index (κ2) is 7.07. The van der Waals surface area contributed by atoms with Crippen molar-refractivity contribution >= 4 is 17.5 Å². The number of hydrogen-bond donors (Lipinski definition) is 0. The largest absolute Gasteiger partial charge is 0.370 e. The molecule has 1 amide bonds. The number of amides is 1. The van der Waals surface area contributed by atoms with E-state index in [1.54, 1.807) is 4.90 Å². The Balaban J connectivity index is 1.94. The Morgan fingerprint density at radius 3 is 2.80 bits per heavy atom. The number of nitrogens with zero attached hydrogens (tertiary/aromatic N) is 1. The van der Waals surface area contributed by atoms with Gasteiger partial charge in [0.1, 0.15) is 12.7 Å². The number of hydrogen-bond acceptors (Lipinski definition) is 3. The van der Waals surface area contributed by atoms with E-state index in [0.717, 1.165) is 5.56 Å². The highest BCUT2D eigenvalue weighted by molar-refractivity contribution is 6.30. The summed E-state index contributed by atoms with van der Waals surface area (Å²) in [5.41, 5.74) is 1.04. The first-order valence-corrected chi connectivity index (χ1v) is 7.20. The van der Waals surface area contributed by atoms with Gasteiger partial charge in [0.15, 0.2) is 0 Å². The summed E-state index contributed by atoms with van der Waals surface area (Å²) in [6.07, 6.45) is -0.0314. The maximum absolute atomic E-state index is 12.1. The van der Waals surface area contributed by atoms with Gasteiger partial charge >= 0.3 is 0 Å². The highest BCUT2D eigenvalue weighted by Crippen LogP contribution is 2.23. The topological polar surface area (TPSA) is 38.8 Å². The lowest BCUT2D eigenvalue weighted by atomic mass is 10.1. The molecule has 20 heavy (non-hydrogen) atoms. The molecule has 0 radical (unpaired) electrons. The quantitative estimate of drug-likeness (QED) is 0.857. The molecule has 0 saturated carbocycles. The fourth-order valence-electron chi connectivity index (χ4n) is 2.08. The van der Waals surface area contributed by atoms with Crippen molar-refractivity contribution in [2.45, 2.75) is 26.1 Å². The maximum Gasteiger partial charge on any atom is 0.248 e. The smallest absolute Gasteiger partial charge is 0.248 e. The van der Waals surface area contributed by atoms with Crippen LogP contribution in [0.15, 0.2) is 24.3 Å². The molecule has 1 saturated heterocycles. The van der Waals surface area contributed by atoms with Crippen molar-refractivity contribution in [3.05, 3.63) is 34.9 Å². The molecule has 1 fully saturated rings. The summed E-state index contributed by atoms with van der Waals surface area (Å²) in [7, 11) is 0. The lowest BCUT2D eigenvalue weighted by Gasteiger charge is -2.33. The second-order valence-corrected chi connectivity index (χ2v) is 5.55. The van der Waals surface area contributed by atoms with Gasteiger partial charge < -0.3 is 14.4 Å². The Hall–Kier alpha value is -1.10. The number of halogens is 1. The zero-order valence-corrected chi connectivity index (χ0v) is 12.6. The van der Waals surface area contributed by atoms with Crippen LogP contribution in [0.3, 0.4) is 0 Å². The predicted octanol–water partition coefficient (Wildman–Crippen LogP) is 2.66. The Morgan fingerprint density at radius 1 is 1.45 bits per heavy atom. The van der Waals surface area contributed by atoms with Crippen LogP contribution >= 0.6 is 11.6 Å². The Labute approximate surface area is 124 Å². The van der Waals surface area contributed by atoms with Gasteiger partial charge in [0, 0.05) is 11.6 Å². The van der Waals surface area contributed by atoms with E-state index in [1.165, 1.54) is 0 Å². The van der Waals surface area contributed by atoms with Gasteiger partial charge in [-0.1, -0.05) is 23.7 Å². The van der Waals surface area contributed by atoms with Crippen molar-refractivity contribution in [2.75, 3.05) is 26.3 Å². The van der Waals surface area contributed by atoms with Crippen LogP contribution in [0.25, 0.3) is 0 Å². The first-order chi connectivity index (χ1) is 9.56. The molecule has 0 aromatic heterocycles. The third-order valence-electron chi connectivity index (χ3n) is 3.20. The molecule has 4 nitrogen and oxygen atoms in total. The van der Waals surface area contributed by atoms with E-state index >= 15 is 0 Å². The molecule has 1 atom stereocenters. The lowest BCUT2D eigenvalue weighted by Crippen LogP contribution is -2.44. The lowest BCUT2D eigenvalue weighted by molar-refractivity contribution is -0.145. The monoisotopic (exact) mass is 297 g/mol. The third kappa shape index (κ3) is 4.20. The standard InChI is InChI=1S/C15H20ClNO3/c1-11(2)20-10-15(18)17-7-8-19-14(9-17)12-3-5-13(16)6-4-12/h3-6,11,14H,7-10H2,1-2H3. The molecule has 0 spiro atoms. The zero-order chi connectivity index (χ0) is 14.5. The van der Waals surface area contributed by atoms with E-state index in [2.05, 4.69) is 0 Å². The molecule has 5 heteroatoms. The normalized spacial score (nSPS) is 19.4. The minimum atomic E-state index is -0.0935. The molecular weight excluding hydrogens is 278 g/mol. The average molecular weight is 298 g/mol. The average Bonchev–Trinajstić information content (AvgIpc) is 2.45. The number of benzene rings is 1. The molecule has 110 valence electrons. The van der Waals surface area contributed by atoms with E-state index in [0.29, 0.717) is 24.7 Å². The predicted molar refractivity (Wildman–Crippen MR) is 77.8 cm³/mol. The maximum atomic E-state index is 12.1. The highest BCUT2D eigenvalue weighted by atomic mass is 35.5. The van der Waals surface area contributed by atoms with Gasteiger partial charge in [0.2, 0.25) is 5.91 Å². The third-order valence-corrected chi connectivity index (χ3v) is 3.45. The van der Waals surface area contributed by atoms with E-state index in [-0.39, 0.29) is 24.7 Å². The molecular formula is C15H20ClNO3. The number of ether oxygens (including phenoxy) is 2. The summed E-state index contributed by atoms with van der Waals surface area (Å²) in [5.74, 6) is 0.0148. The first kappa shape index (κ1) is 15.3. The van der Waals surface area contributed by atoms with Crippen LogP contribution in [0.2, 0.25) is 5.02 Å². The van der Waals surface area contributed by atoms with E-state index in [9.17, 15) is 4.79 Å². The van der Waals surface area contributed by atoms with Gasteiger partial charge in [0.05, 0.1) is 19.3 Å². The van der Waals surface area contributed by atoms with Gasteiger partial charge in [-0.3, -0.25) is 4.79 Å². The van der Waals surface area contributed by atoms with E-state index in [1.807, 2.05) is 38.1 Å². The fraction of sp³-hybridized carbons (Fsp3) is 0.533. The van der Waals surface area contributed by atoms with Crippen LogP contribution in [0.5, 0.6) is 0 Å². The van der Waals surface area contributed by atoms with Gasteiger partial charge in [-0.25, -0.2) is 0 Å².